The summed E-state index contributed by atoms with van der Waals surface area (Å²) in [6.07, 6.45) is 4.71. The van der Waals surface area contributed by atoms with Gasteiger partial charge in [-0.25, -0.2) is 25.0 Å². The van der Waals surface area contributed by atoms with Crippen LogP contribution < -0.4 is 69.6 Å². The Labute approximate surface area is 713 Å². The van der Waals surface area contributed by atoms with Gasteiger partial charge in [-0.3, -0.25) is 72.9 Å². The number of nitrogens with two attached hydrogens (primary N) is 1. The number of allylic oxidation sites excluding steroid dienone is 1. The molecule has 7 heterocycles. The van der Waals surface area contributed by atoms with Crippen LogP contribution in [0.1, 0.15) is 144 Å². The standard InChI is InChI=1S/C80H98Cl2N18O18S3/c1-9-50-40(3)52-34-57-64(44(7)101)42(5)54(90-57)32-53-41(4)51(68(93-53)66-67(78(112)117-8)71(105)65-43(6)55(94-69(65)66)33-56(50)89-52)11-10-12-61(102)91-58(31-45-14-20-49(21-15-45)100(26-23-81)27-24-82)75(108)98-99-80(113)118-28-29-119-120-38-60(77(110)111)95-74(107)59(35-63(104)84-25-30-121(114,115)116)92-62(103)22-13-39(2)87-73(106)46-16-18-47(19-17-46)85-36-48-37-86-72-70(88-48)76(109)97-79(83)96-72/h14-21,32,34,37,39-41,50-51,56,58-60,67,85,90,94H,9-13,22-31,33,35-36,38H2,1-8H3,(H,84,104)(H,87,106)(H,91,102)(H,92,103)(H,95,107)(H,98,108)(H,99,113)(H,110,111)(H,114,115,116)(H3,83,86,96,97,109)/b54-32?,57-34?,68-66-/t39-,40-,41+,50-,51+,56?,58?,59+,60+,67?/m1/s1. The van der Waals surface area contributed by atoms with E-state index < -0.39 is 130 Å². The van der Waals surface area contributed by atoms with E-state index in [1.54, 1.807) is 43.3 Å². The van der Waals surface area contributed by atoms with Gasteiger partial charge < -0.3 is 67.1 Å². The van der Waals surface area contributed by atoms with Crippen LogP contribution in [-0.4, -0.2) is 217 Å². The lowest BCUT2D eigenvalue weighted by atomic mass is 9.83. The molecule has 6 aromatic rings. The molecule has 36 nitrogen and oxygen atoms in total. The number of ketones is 2. The molecular weight excluding hydrogens is 1670 g/mol. The summed E-state index contributed by atoms with van der Waals surface area (Å²) in [6.45, 7) is 13.4. The Morgan fingerprint density at radius 1 is 0.810 bits per heavy atom. The van der Waals surface area contributed by atoms with Crippen molar-refractivity contribution in [3.05, 3.63) is 132 Å². The summed E-state index contributed by atoms with van der Waals surface area (Å²) in [6, 6.07) is 8.13. The second-order valence-electron chi connectivity index (χ2n) is 29.8. The number of anilines is 3. The van der Waals surface area contributed by atoms with Crippen LogP contribution in [0.15, 0.2) is 75.2 Å². The second kappa shape index (κ2) is 42.0. The number of methoxy groups -OCH3 is 1. The number of benzene rings is 2. The zero-order valence-electron chi connectivity index (χ0n) is 67.7. The molecular formula is C80H98Cl2N18O18S3. The number of halogens is 2. The molecule has 4 aromatic heterocycles. The van der Waals surface area contributed by atoms with Gasteiger partial charge in [0.15, 0.2) is 22.7 Å². The molecule has 7 amide bonds. The molecule has 648 valence electrons. The van der Waals surface area contributed by atoms with Crippen LogP contribution in [-0.2, 0) is 72.5 Å². The number of aromatic amines is 3. The highest BCUT2D eigenvalue weighted by Gasteiger charge is 2.49. The summed E-state index contributed by atoms with van der Waals surface area (Å²) in [5.41, 5.74) is 18.2. The summed E-state index contributed by atoms with van der Waals surface area (Å²) >= 11 is 12.2. The number of alkyl halides is 2. The lowest BCUT2D eigenvalue weighted by Gasteiger charge is -2.23. The predicted octanol–water partition coefficient (Wildman–Crippen LogP) is 4.46. The first-order valence-corrected chi connectivity index (χ1v) is 44.4. The molecule has 0 spiro atoms. The Morgan fingerprint density at radius 3 is 2.19 bits per heavy atom. The fourth-order valence-corrected chi connectivity index (χ4v) is 17.9. The normalized spacial score (nSPS) is 18.7. The van der Waals surface area contributed by atoms with Crippen LogP contribution >= 0.6 is 44.8 Å². The zero-order valence-corrected chi connectivity index (χ0v) is 71.7. The minimum atomic E-state index is -4.51. The van der Waals surface area contributed by atoms with E-state index in [-0.39, 0.29) is 109 Å². The first kappa shape index (κ1) is 92.3. The van der Waals surface area contributed by atoms with Crippen LogP contribution in [0.4, 0.5) is 22.1 Å². The highest BCUT2D eigenvalue weighted by atomic mass is 35.5. The van der Waals surface area contributed by atoms with E-state index in [1.807, 2.05) is 50.0 Å². The van der Waals surface area contributed by atoms with Gasteiger partial charge in [-0.2, -0.15) is 13.4 Å². The molecule has 10 rings (SSSR count). The molecule has 15 N–H and O–H groups in total. The maximum Gasteiger partial charge on any atom is 0.426 e. The largest absolute Gasteiger partial charge is 0.480 e. The highest BCUT2D eigenvalue weighted by Crippen LogP contribution is 2.49. The Balaban J connectivity index is 0.741. The Bertz CT molecular complexity index is 5360. The van der Waals surface area contributed by atoms with Crippen LogP contribution in [0.3, 0.4) is 0 Å². The number of hydrogen-bond acceptors (Lipinski definition) is 26. The van der Waals surface area contributed by atoms with Crippen molar-refractivity contribution >= 4 is 178 Å². The predicted molar refractivity (Wildman–Crippen MR) is 459 cm³/mol. The van der Waals surface area contributed by atoms with Gasteiger partial charge in [-0.05, 0) is 118 Å². The van der Waals surface area contributed by atoms with E-state index >= 15 is 0 Å². The molecule has 2 aromatic carbocycles. The van der Waals surface area contributed by atoms with E-state index in [0.717, 1.165) is 45.1 Å². The molecule has 0 fully saturated rings. The van der Waals surface area contributed by atoms with Crippen LogP contribution in [0, 0.1) is 43.4 Å². The number of H-pyrrole nitrogens is 3. The van der Waals surface area contributed by atoms with Crippen molar-refractivity contribution in [1.29, 1.82) is 0 Å². The quantitative estimate of drug-likeness (QED) is 0.00370. The summed E-state index contributed by atoms with van der Waals surface area (Å²) in [5, 5.41) is 27.1. The molecule has 3 unspecified atom stereocenters. The van der Waals surface area contributed by atoms with E-state index in [1.165, 1.54) is 20.2 Å². The van der Waals surface area contributed by atoms with Gasteiger partial charge >= 0.3 is 18.0 Å². The summed E-state index contributed by atoms with van der Waals surface area (Å²) in [7, 11) is -1.31. The molecule has 0 radical (unpaired) electrons. The van der Waals surface area contributed by atoms with Gasteiger partial charge in [-0.15, -0.1) is 23.2 Å². The van der Waals surface area contributed by atoms with Gasteiger partial charge in [0.05, 0.1) is 60.5 Å². The highest BCUT2D eigenvalue weighted by molar-refractivity contribution is 8.76. The number of rotatable bonds is 39. The van der Waals surface area contributed by atoms with Gasteiger partial charge in [0.25, 0.3) is 27.5 Å². The summed E-state index contributed by atoms with van der Waals surface area (Å²) in [5.74, 6) is -10.2. The maximum atomic E-state index is 14.8. The topological polar surface area (TPSA) is 534 Å². The average Bonchev–Trinajstić information content (AvgIpc) is 1.56. The third-order valence-corrected chi connectivity index (χ3v) is 24.9. The number of carbonyl (C=O) groups excluding carboxylic acids is 10. The molecule has 10 atom stereocenters. The van der Waals surface area contributed by atoms with Gasteiger partial charge in [0.2, 0.25) is 29.6 Å². The number of esters is 1. The molecule has 4 aliphatic rings. The number of aliphatic carboxylic acids is 1. The number of ether oxygens (including phenoxy) is 2. The molecule has 3 aliphatic heterocycles. The fourth-order valence-electron chi connectivity index (χ4n) is 15.2. The molecule has 0 saturated carbocycles. The maximum absolute atomic E-state index is 14.8. The zero-order chi connectivity index (χ0) is 87.7. The van der Waals surface area contributed by atoms with Crippen LogP contribution in [0.5, 0.6) is 0 Å². The molecule has 0 saturated heterocycles. The third-order valence-electron chi connectivity index (χ3n) is 21.5. The SMILES string of the molecule is CC[C@H]1C2Cc3[nH]c4c(c3C)C(=O)C(C(=O)OC)/C4=C3/N=C(C=c4[nH]c(c(C(C)=O)c4C)=CC(=N2)[C@@H]1C)[C@@H](C)[C@@H]3CCCC(=O)NC(Cc1ccc(N(CCCl)CCCl)cc1)C(=O)NNC(=O)OCCSSC[C@H](NC(=O)[C@H](CC(=O)NCCS(=O)(=O)O)NC(=O)CC[C@@H](C)NC(=O)c1ccc(NCc2cnc3nc(N)[nH]c(=O)c3n2)cc1)C(=O)O. The number of hydrogen-bond donors (Lipinski definition) is 14. The lowest BCUT2D eigenvalue weighted by molar-refractivity contribution is -0.142. The van der Waals surface area contributed by atoms with E-state index in [0.29, 0.717) is 110 Å². The molecule has 8 bridgehead atoms. The van der Waals surface area contributed by atoms with Crippen molar-refractivity contribution in [2.45, 2.75) is 143 Å². The number of fused-ring (bicyclic) bond motifs is 6. The minimum absolute atomic E-state index is 0.00619. The number of nitrogens with one attached hydrogen (secondary N) is 11. The van der Waals surface area contributed by atoms with Gasteiger partial charge in [-0.1, -0.05) is 60.9 Å². The van der Waals surface area contributed by atoms with E-state index in [9.17, 15) is 75.6 Å². The molecule has 1 aliphatic carbocycles. The lowest BCUT2D eigenvalue weighted by Crippen LogP contribution is -2.53. The van der Waals surface area contributed by atoms with Crippen molar-refractivity contribution in [2.75, 3.05) is 78.3 Å². The number of aliphatic imine (C=N–C) groups is 2. The van der Waals surface area contributed by atoms with Crippen LogP contribution in [0.2, 0.25) is 0 Å². The minimum Gasteiger partial charge on any atom is -0.480 e. The number of Topliss-reactive ketones (excluding diaryl/α,β-unsaturated/α-hetero) is 2. The number of hydrazine groups is 1. The monoisotopic (exact) mass is 1760 g/mol. The number of carboxylic acids is 1. The summed E-state index contributed by atoms with van der Waals surface area (Å²) in [4.78, 5) is 197. The Morgan fingerprint density at radius 2 is 1.51 bits per heavy atom. The van der Waals surface area contributed by atoms with Gasteiger partial charge in [0.1, 0.15) is 30.7 Å². The number of nitrogen functional groups attached to an aromatic ring is 1. The average molecular weight is 1770 g/mol. The summed E-state index contributed by atoms with van der Waals surface area (Å²) < 4.78 is 42.5. The second-order valence-corrected chi connectivity index (χ2v) is 34.8. The van der Waals surface area contributed by atoms with Crippen molar-refractivity contribution in [3.63, 3.8) is 0 Å². The number of amides is 7. The number of carboxylic acid groups (broad SMARTS) is 1. The van der Waals surface area contributed by atoms with Crippen molar-refractivity contribution < 1.29 is 80.3 Å². The van der Waals surface area contributed by atoms with E-state index in [2.05, 4.69) is 86.5 Å². The fraction of sp³-hybridized carbons (Fsp3) is 0.463. The van der Waals surface area contributed by atoms with Crippen molar-refractivity contribution in [3.8, 4) is 0 Å². The third kappa shape index (κ3) is 23.8. The number of aromatic nitrogens is 6. The first-order valence-electron chi connectivity index (χ1n) is 39.3. The first-order chi connectivity index (χ1) is 57.7. The van der Waals surface area contributed by atoms with E-state index in [4.69, 9.17) is 48.4 Å². The number of carbonyl (C=O) groups is 11. The Kier molecular flexibility index (Phi) is 32.0. The van der Waals surface area contributed by atoms with Crippen molar-refractivity contribution in [2.24, 2.45) is 39.6 Å². The molecule has 121 heavy (non-hydrogen) atoms. The van der Waals surface area contributed by atoms with Crippen molar-refractivity contribution in [1.82, 2.24) is 67.3 Å². The molecule has 41 heteroatoms. The number of nitrogens with zero attached hydrogens (tertiary/aromatic N) is 6. The Hall–Kier alpha value is -11.0. The van der Waals surface area contributed by atoms with Gasteiger partial charge in [0, 0.05) is 148 Å². The smallest absolute Gasteiger partial charge is 0.426 e. The van der Waals surface area contributed by atoms with Crippen LogP contribution in [0.25, 0.3) is 28.9 Å².